The smallest absolute Gasteiger partial charge is 0.202 e. The largest absolute Gasteiger partial charge is 0.273 e. The van der Waals surface area contributed by atoms with Crippen molar-refractivity contribution in [3.05, 3.63) is 59.2 Å². The second-order valence-corrected chi connectivity index (χ2v) is 4.79. The van der Waals surface area contributed by atoms with E-state index in [0.29, 0.717) is 11.5 Å². The van der Waals surface area contributed by atoms with Gasteiger partial charge in [-0.15, -0.1) is 10.2 Å². The molecule has 7 heteroatoms. The van der Waals surface area contributed by atoms with Gasteiger partial charge in [-0.05, 0) is 37.6 Å². The molecule has 0 fully saturated rings. The monoisotopic (exact) mass is 291 g/mol. The molecule has 2 aromatic heterocycles. The molecule has 0 saturated carbocycles. The lowest BCUT2D eigenvalue weighted by Crippen LogP contribution is -2.06. The van der Waals surface area contributed by atoms with E-state index in [9.17, 15) is 0 Å². The zero-order chi connectivity index (χ0) is 15.5. The minimum absolute atomic E-state index is 0.524. The molecule has 7 nitrogen and oxygen atoms in total. The molecule has 0 unspecified atom stereocenters. The molecule has 0 spiro atoms. The van der Waals surface area contributed by atoms with Crippen LogP contribution in [0.2, 0.25) is 0 Å². The Labute approximate surface area is 127 Å². The van der Waals surface area contributed by atoms with Crippen LogP contribution in [0.5, 0.6) is 0 Å². The first-order valence-electron chi connectivity index (χ1n) is 6.65. The molecule has 0 amide bonds. The lowest BCUT2D eigenvalue weighted by Gasteiger charge is -2.02. The predicted molar refractivity (Wildman–Crippen MR) is 80.8 cm³/mol. The van der Waals surface area contributed by atoms with Gasteiger partial charge in [-0.1, -0.05) is 12.1 Å². The average molecular weight is 291 g/mol. The van der Waals surface area contributed by atoms with E-state index in [0.717, 1.165) is 17.0 Å². The summed E-state index contributed by atoms with van der Waals surface area (Å²) in [5.74, 6) is 0.524. The molecule has 0 aliphatic heterocycles. The zero-order valence-electron chi connectivity index (χ0n) is 12.2. The Morgan fingerprint density at radius 1 is 1.23 bits per heavy atom. The van der Waals surface area contributed by atoms with Gasteiger partial charge < -0.3 is 0 Å². The van der Waals surface area contributed by atoms with E-state index in [4.69, 9.17) is 5.26 Å². The third-order valence-corrected chi connectivity index (χ3v) is 3.08. The summed E-state index contributed by atoms with van der Waals surface area (Å²) in [6.07, 6.45) is 3.20. The van der Waals surface area contributed by atoms with Crippen LogP contribution < -0.4 is 0 Å². The lowest BCUT2D eigenvalue weighted by atomic mass is 10.2. The highest BCUT2D eigenvalue weighted by atomic mass is 15.5. The first kappa shape index (κ1) is 13.7. The summed E-state index contributed by atoms with van der Waals surface area (Å²) in [5.41, 5.74) is 3.36. The molecular formula is C15H13N7. The molecule has 0 aliphatic carbocycles. The van der Waals surface area contributed by atoms with Crippen LogP contribution in [0.15, 0.2) is 41.8 Å². The van der Waals surface area contributed by atoms with Crippen molar-refractivity contribution in [3.8, 4) is 12.0 Å². The fourth-order valence-electron chi connectivity index (χ4n) is 2.05. The summed E-state index contributed by atoms with van der Waals surface area (Å²) in [6, 6.07) is 11.2. The van der Waals surface area contributed by atoms with Gasteiger partial charge in [0, 0.05) is 5.69 Å². The van der Waals surface area contributed by atoms with Gasteiger partial charge in [0.1, 0.15) is 6.33 Å². The quantitative estimate of drug-likeness (QED) is 0.689. The Kier molecular flexibility index (Phi) is 3.50. The SMILES string of the molecule is Cc1cc(C)n(-c2nncn2/N=C\c2ccc(C#N)cc2)n1. The van der Waals surface area contributed by atoms with Crippen LogP contribution in [0.25, 0.3) is 5.95 Å². The van der Waals surface area contributed by atoms with E-state index in [-0.39, 0.29) is 0 Å². The van der Waals surface area contributed by atoms with Crippen LogP contribution >= 0.6 is 0 Å². The van der Waals surface area contributed by atoms with Crippen molar-refractivity contribution in [3.63, 3.8) is 0 Å². The van der Waals surface area contributed by atoms with Gasteiger partial charge in [0.2, 0.25) is 0 Å². The summed E-state index contributed by atoms with van der Waals surface area (Å²) in [7, 11) is 0. The highest BCUT2D eigenvalue weighted by Gasteiger charge is 2.10. The topological polar surface area (TPSA) is 84.7 Å². The van der Waals surface area contributed by atoms with Crippen LogP contribution in [0.1, 0.15) is 22.5 Å². The number of benzene rings is 1. The van der Waals surface area contributed by atoms with E-state index in [1.165, 1.54) is 6.33 Å². The van der Waals surface area contributed by atoms with Gasteiger partial charge in [0.25, 0.3) is 5.95 Å². The zero-order valence-corrected chi connectivity index (χ0v) is 12.2. The molecule has 3 rings (SSSR count). The van der Waals surface area contributed by atoms with Crippen molar-refractivity contribution in [2.45, 2.75) is 13.8 Å². The number of aromatic nitrogens is 5. The fourth-order valence-corrected chi connectivity index (χ4v) is 2.05. The van der Waals surface area contributed by atoms with Gasteiger partial charge in [-0.25, -0.2) is 4.68 Å². The van der Waals surface area contributed by atoms with Gasteiger partial charge >= 0.3 is 0 Å². The number of nitrogens with zero attached hydrogens (tertiary/aromatic N) is 7. The summed E-state index contributed by atoms with van der Waals surface area (Å²) >= 11 is 0. The third kappa shape index (κ3) is 2.62. The molecule has 0 N–H and O–H groups in total. The minimum atomic E-state index is 0.524. The van der Waals surface area contributed by atoms with Crippen molar-refractivity contribution in [1.82, 2.24) is 24.7 Å². The van der Waals surface area contributed by atoms with Gasteiger partial charge in [-0.2, -0.15) is 20.1 Å². The second-order valence-electron chi connectivity index (χ2n) is 4.79. The normalized spacial score (nSPS) is 11.0. The van der Waals surface area contributed by atoms with Crippen molar-refractivity contribution in [1.29, 1.82) is 5.26 Å². The van der Waals surface area contributed by atoms with Crippen molar-refractivity contribution < 1.29 is 0 Å². The number of nitriles is 1. The van der Waals surface area contributed by atoms with Crippen molar-refractivity contribution >= 4 is 6.21 Å². The van der Waals surface area contributed by atoms with Crippen LogP contribution in [0, 0.1) is 25.2 Å². The maximum atomic E-state index is 8.79. The maximum Gasteiger partial charge on any atom is 0.273 e. The summed E-state index contributed by atoms with van der Waals surface area (Å²) < 4.78 is 3.25. The summed E-state index contributed by atoms with van der Waals surface area (Å²) in [5, 5.41) is 25.4. The highest BCUT2D eigenvalue weighted by molar-refractivity contribution is 5.79. The first-order valence-corrected chi connectivity index (χ1v) is 6.65. The van der Waals surface area contributed by atoms with Gasteiger partial charge in [0.15, 0.2) is 0 Å². The molecule has 108 valence electrons. The van der Waals surface area contributed by atoms with Crippen LogP contribution in [-0.4, -0.2) is 30.9 Å². The van der Waals surface area contributed by atoms with Crippen LogP contribution in [-0.2, 0) is 0 Å². The van der Waals surface area contributed by atoms with Crippen molar-refractivity contribution in [2.24, 2.45) is 5.10 Å². The molecule has 1 aromatic carbocycles. The standard InChI is InChI=1S/C15H13N7/c1-11-7-12(2)22(20-11)15-19-17-10-21(15)18-9-14-5-3-13(8-16)4-6-14/h3-7,9-10H,1-2H3/b18-9-. The first-order chi connectivity index (χ1) is 10.7. The Bertz CT molecular complexity index is 862. The second kappa shape index (κ2) is 5.61. The van der Waals surface area contributed by atoms with Gasteiger partial charge in [0.05, 0.1) is 23.5 Å². The lowest BCUT2D eigenvalue weighted by molar-refractivity contribution is 0.717. The van der Waals surface area contributed by atoms with Crippen LogP contribution in [0.4, 0.5) is 0 Å². The highest BCUT2D eigenvalue weighted by Crippen LogP contribution is 2.09. The summed E-state index contributed by atoms with van der Waals surface area (Å²) in [4.78, 5) is 0. The maximum absolute atomic E-state index is 8.79. The Balaban J connectivity index is 1.90. The Morgan fingerprint density at radius 3 is 2.64 bits per heavy atom. The number of hydrogen-bond donors (Lipinski definition) is 0. The molecule has 0 aliphatic rings. The summed E-state index contributed by atoms with van der Waals surface area (Å²) in [6.45, 7) is 3.87. The Morgan fingerprint density at radius 2 is 2.00 bits per heavy atom. The number of rotatable bonds is 3. The van der Waals surface area contributed by atoms with Crippen LogP contribution in [0.3, 0.4) is 0 Å². The molecule has 0 saturated heterocycles. The Hall–Kier alpha value is -3.27. The van der Waals surface area contributed by atoms with Crippen molar-refractivity contribution in [2.75, 3.05) is 0 Å². The predicted octanol–water partition coefficient (Wildman–Crippen LogP) is 1.83. The molecule has 3 aromatic rings. The molecule has 2 heterocycles. The molecule has 0 bridgehead atoms. The average Bonchev–Trinajstić information content (AvgIpc) is 3.11. The fraction of sp³-hybridized carbons (Fsp3) is 0.133. The van der Waals surface area contributed by atoms with E-state index in [1.54, 1.807) is 27.7 Å². The van der Waals surface area contributed by atoms with E-state index < -0.39 is 0 Å². The number of aryl methyl sites for hydroxylation is 2. The molecule has 22 heavy (non-hydrogen) atoms. The molecular weight excluding hydrogens is 278 g/mol. The molecule has 0 atom stereocenters. The minimum Gasteiger partial charge on any atom is -0.202 e. The third-order valence-electron chi connectivity index (χ3n) is 3.08. The number of hydrogen-bond acceptors (Lipinski definition) is 5. The van der Waals surface area contributed by atoms with E-state index in [1.807, 2.05) is 32.0 Å². The molecule has 0 radical (unpaired) electrons. The van der Waals surface area contributed by atoms with E-state index >= 15 is 0 Å². The van der Waals surface area contributed by atoms with Gasteiger partial charge in [-0.3, -0.25) is 0 Å². The van der Waals surface area contributed by atoms with E-state index in [2.05, 4.69) is 26.5 Å².